The van der Waals surface area contributed by atoms with Gasteiger partial charge in [0.2, 0.25) is 0 Å². The summed E-state index contributed by atoms with van der Waals surface area (Å²) in [6, 6.07) is 61.3. The third-order valence-electron chi connectivity index (χ3n) is 27.2. The van der Waals surface area contributed by atoms with Crippen LogP contribution in [-0.2, 0) is 68.7 Å². The van der Waals surface area contributed by atoms with E-state index in [2.05, 4.69) is 137 Å². The molecule has 13 aromatic rings. The molecule has 26 nitrogen and oxygen atoms in total. The van der Waals surface area contributed by atoms with Crippen LogP contribution in [-0.4, -0.2) is 207 Å². The SMILES string of the molecule is CCOC(=O)C(C)N1C(=O)C2Cc3c([nH]c4ccc(Br)cc34)C(c3ccc(OC)cc3)N2C1=S.CCOC(=O)CC(C)N1C(=O)C2Cc3c([nH]c4ccc(Br)cc34)C(c3ccc(OC)cc3)N2C1=S.COc1ccc(C2c3[nH]c4ccc(Br)cc4c3CC3C(=O)N(CC4CCCO4)C(=S)N32)cc1.COc1ccc(C2c3[nH]c4ccc(Br)cc4c3CC3C(=O)N(c4cccc(C#N)c4)C(=S)N32)cc1. The molecule has 137 heavy (non-hydrogen) atoms. The zero-order chi connectivity index (χ0) is 96.0. The summed E-state index contributed by atoms with van der Waals surface area (Å²) in [4.78, 5) is 109. The van der Waals surface area contributed by atoms with Gasteiger partial charge in [-0.15, -0.1) is 0 Å². The van der Waals surface area contributed by atoms with Gasteiger partial charge in [-0.25, -0.2) is 4.79 Å². The number of hydrogen-bond donors (Lipinski definition) is 4. The van der Waals surface area contributed by atoms with E-state index in [1.54, 1.807) is 82.1 Å². The average Bonchev–Trinajstić information content (AvgIpc) is 1.57. The maximum Gasteiger partial charge on any atom is 0.329 e. The molecule has 4 aromatic heterocycles. The van der Waals surface area contributed by atoms with Gasteiger partial charge in [-0.05, 0) is 273 Å². The molecule has 5 saturated heterocycles. The highest BCUT2D eigenvalue weighted by molar-refractivity contribution is 9.11. The number of nitrogens with zero attached hydrogens (tertiary/aromatic N) is 9. The third kappa shape index (κ3) is 17.1. The molecule has 9 aliphatic heterocycles. The Morgan fingerprint density at radius 3 is 1.18 bits per heavy atom. The zero-order valence-corrected chi connectivity index (χ0v) is 85.2. The quantitative estimate of drug-likeness (QED) is 0.0459. The molecule has 22 rings (SSSR count). The molecule has 0 aliphatic carbocycles. The lowest BCUT2D eigenvalue weighted by Gasteiger charge is -2.37. The number of aromatic amines is 4. The maximum atomic E-state index is 13.8. The second-order valence-electron chi connectivity index (χ2n) is 34.8. The summed E-state index contributed by atoms with van der Waals surface area (Å²) in [5, 5.41) is 15.6. The number of carbonyl (C=O) groups excluding carboxylic acids is 6. The van der Waals surface area contributed by atoms with Gasteiger partial charge in [0.15, 0.2) is 20.4 Å². The molecule has 4 amide bonds. The summed E-state index contributed by atoms with van der Waals surface area (Å²) in [6.07, 6.45) is 4.33. The summed E-state index contributed by atoms with van der Waals surface area (Å²) in [7, 11) is 6.57. The Morgan fingerprint density at radius 1 is 0.453 bits per heavy atom. The number of fused-ring (bicyclic) bond motifs is 16. The van der Waals surface area contributed by atoms with E-state index in [0.717, 1.165) is 166 Å². The van der Waals surface area contributed by atoms with Gasteiger partial charge in [0.25, 0.3) is 23.6 Å². The number of ether oxygens (including phenoxy) is 7. The molecular formula is C103H93Br4N13O13S4. The van der Waals surface area contributed by atoms with Crippen molar-refractivity contribution in [2.45, 2.75) is 139 Å². The fraction of sp³-hybridized carbons (Fsp3) is 0.291. The third-order valence-corrected chi connectivity index (χ3v) is 30.8. The van der Waals surface area contributed by atoms with Gasteiger partial charge in [-0.3, -0.25) is 43.6 Å². The van der Waals surface area contributed by atoms with E-state index in [9.17, 15) is 34.0 Å². The van der Waals surface area contributed by atoms with Crippen LogP contribution in [0.3, 0.4) is 0 Å². The second-order valence-corrected chi connectivity index (χ2v) is 39.9. The number of benzene rings is 9. The first-order valence-electron chi connectivity index (χ1n) is 45.0. The lowest BCUT2D eigenvalue weighted by molar-refractivity contribution is -0.150. The van der Waals surface area contributed by atoms with Crippen LogP contribution < -0.4 is 23.8 Å². The van der Waals surface area contributed by atoms with Crippen LogP contribution >= 0.6 is 113 Å². The molecule has 0 radical (unpaired) electrons. The van der Waals surface area contributed by atoms with Gasteiger partial charge < -0.3 is 72.7 Å². The molecule has 11 unspecified atom stereocenters. The molecule has 0 spiro atoms. The van der Waals surface area contributed by atoms with Crippen LogP contribution in [0.25, 0.3) is 43.6 Å². The Kier molecular flexibility index (Phi) is 26.7. The number of amides is 4. The molecule has 34 heteroatoms. The topological polar surface area (TPSA) is 280 Å². The van der Waals surface area contributed by atoms with Gasteiger partial charge in [-0.1, -0.05) is 118 Å². The highest BCUT2D eigenvalue weighted by Gasteiger charge is 2.57. The second kappa shape index (κ2) is 38.8. The molecule has 5 fully saturated rings. The van der Waals surface area contributed by atoms with E-state index in [-0.39, 0.29) is 78.9 Å². The first kappa shape index (κ1) is 94.1. The Hall–Kier alpha value is -11.9. The standard InChI is InChI=1S/C27H19BrN4O2S.C26H26BrN3O4S.C25H24BrN3O4S.C25H24BrN3O3S/c1-34-19-8-5-16(6-9-19)25-24-21(20-12-17(28)7-10-22(20)30-24)13-23-26(33)31(27(35)32(23)25)18-4-2-3-15(11-18)14-29;1-4-34-22(31)11-14(2)29-25(32)21-13-19-18-12-16(27)7-10-20(18)28-23(19)24(30(21)26(29)35)15-5-8-17(33-3)9-6-15;1-4-33-24(31)13(2)28-23(30)20-12-18-17-11-15(26)7-10-19(17)27-21(18)22(29(20)25(28)34)14-5-8-16(32-3)9-6-14;1-31-16-7-4-14(5-8-16)23-22-19(18-11-15(26)6-9-20(18)27-22)12-21-24(30)28(25(33)29(21)23)13-17-3-2-10-32-17/h2-12,23,25,30H,13H2,1H3;5-10,12,14,21,24,28H,4,11,13H2,1-3H3;5-11,13,20,22,27H,4,12H2,1-3H3;4-9,11,17,21,23,27H,2-3,10,12-13H2,1H3. The minimum atomic E-state index is -0.800. The highest BCUT2D eigenvalue weighted by Crippen LogP contribution is 2.52. The average molecular weight is 2170 g/mol. The first-order chi connectivity index (χ1) is 66.2. The summed E-state index contributed by atoms with van der Waals surface area (Å²) in [5.41, 5.74) is 17.9. The summed E-state index contributed by atoms with van der Waals surface area (Å²) in [6.45, 7) is 8.84. The minimum Gasteiger partial charge on any atom is -0.497 e. The highest BCUT2D eigenvalue weighted by atomic mass is 79.9. The number of rotatable bonds is 18. The first-order valence-corrected chi connectivity index (χ1v) is 49.8. The predicted octanol–water partition coefficient (Wildman–Crippen LogP) is 19.1. The van der Waals surface area contributed by atoms with Crippen molar-refractivity contribution in [1.82, 2.24) is 54.2 Å². The molecule has 11 atom stereocenters. The lowest BCUT2D eigenvalue weighted by Crippen LogP contribution is -2.45. The molecule has 9 aliphatic rings. The fourth-order valence-corrected chi connectivity index (χ4v) is 24.1. The summed E-state index contributed by atoms with van der Waals surface area (Å²) < 4.78 is 41.5. The Labute approximate surface area is 845 Å². The van der Waals surface area contributed by atoms with Crippen molar-refractivity contribution < 1.29 is 61.9 Å². The number of methoxy groups -OCH3 is 4. The maximum absolute atomic E-state index is 13.8. The van der Waals surface area contributed by atoms with E-state index in [0.29, 0.717) is 70.5 Å². The fourth-order valence-electron chi connectivity index (χ4n) is 20.8. The van der Waals surface area contributed by atoms with Crippen LogP contribution in [0.2, 0.25) is 0 Å². The number of nitriles is 1. The molecule has 9 aromatic carbocycles. The molecule has 0 bridgehead atoms. The van der Waals surface area contributed by atoms with Crippen LogP contribution in [0.5, 0.6) is 23.0 Å². The Balaban J connectivity index is 0.000000117. The van der Waals surface area contributed by atoms with Gasteiger partial charge in [0.05, 0.1) is 102 Å². The molecular weight excluding hydrogens is 2080 g/mol. The van der Waals surface area contributed by atoms with Crippen molar-refractivity contribution in [2.75, 3.05) is 59.7 Å². The van der Waals surface area contributed by atoms with Crippen LogP contribution in [0.15, 0.2) is 212 Å². The number of hydrogen-bond acceptors (Lipinski definition) is 18. The normalized spacial score (nSPS) is 20.9. The van der Waals surface area contributed by atoms with E-state index in [4.69, 9.17) is 82.0 Å². The Morgan fingerprint density at radius 2 is 0.810 bits per heavy atom. The number of halogens is 4. The van der Waals surface area contributed by atoms with Crippen molar-refractivity contribution >= 4 is 218 Å². The number of H-pyrrole nitrogens is 4. The number of anilines is 1. The zero-order valence-electron chi connectivity index (χ0n) is 75.6. The Bertz CT molecular complexity index is 7100. The van der Waals surface area contributed by atoms with Crippen molar-refractivity contribution in [3.63, 3.8) is 0 Å². The summed E-state index contributed by atoms with van der Waals surface area (Å²) in [5.74, 6) is 1.98. The number of aromatic nitrogens is 4. The van der Waals surface area contributed by atoms with Crippen molar-refractivity contribution in [1.29, 1.82) is 5.26 Å². The van der Waals surface area contributed by atoms with Crippen LogP contribution in [0.4, 0.5) is 5.69 Å². The molecule has 13 heterocycles. The summed E-state index contributed by atoms with van der Waals surface area (Å²) >= 11 is 38.0. The molecule has 0 saturated carbocycles. The van der Waals surface area contributed by atoms with Gasteiger partial charge in [0, 0.05) is 123 Å². The number of esters is 2. The van der Waals surface area contributed by atoms with Gasteiger partial charge >= 0.3 is 11.9 Å². The smallest absolute Gasteiger partial charge is 0.329 e. The number of thiocarbonyl (C=S) groups is 4. The van der Waals surface area contributed by atoms with E-state index >= 15 is 0 Å². The van der Waals surface area contributed by atoms with Crippen LogP contribution in [0, 0.1) is 11.3 Å². The van der Waals surface area contributed by atoms with Gasteiger partial charge in [0.1, 0.15) is 53.2 Å². The number of carbonyl (C=O) groups is 6. The van der Waals surface area contributed by atoms with E-state index in [1.807, 2.05) is 155 Å². The largest absolute Gasteiger partial charge is 0.497 e. The van der Waals surface area contributed by atoms with Crippen molar-refractivity contribution in [3.05, 3.63) is 285 Å². The van der Waals surface area contributed by atoms with E-state index in [1.165, 1.54) is 10.5 Å². The van der Waals surface area contributed by atoms with E-state index < -0.39 is 36.2 Å². The lowest BCUT2D eigenvalue weighted by atomic mass is 9.89. The monoisotopic (exact) mass is 2160 g/mol. The van der Waals surface area contributed by atoms with Crippen LogP contribution in [0.1, 0.15) is 144 Å². The predicted molar refractivity (Wildman–Crippen MR) is 551 cm³/mol. The van der Waals surface area contributed by atoms with Crippen molar-refractivity contribution in [3.8, 4) is 29.1 Å². The van der Waals surface area contributed by atoms with Gasteiger partial charge in [-0.2, -0.15) is 5.26 Å². The number of nitrogens with one attached hydrogen (secondary N) is 4. The van der Waals surface area contributed by atoms with Crippen molar-refractivity contribution in [2.24, 2.45) is 0 Å². The molecule has 4 N–H and O–H groups in total. The molecule has 700 valence electrons. The minimum absolute atomic E-state index is 0.0577.